The summed E-state index contributed by atoms with van der Waals surface area (Å²) in [5.41, 5.74) is 1.75. The molecule has 1 amide bonds. The molecule has 1 N–H and O–H groups in total. The lowest BCUT2D eigenvalue weighted by Gasteiger charge is -2.35. The molecular formula is C25H34N8O4. The highest BCUT2D eigenvalue weighted by molar-refractivity contribution is 5.98. The number of carbonyl (C=O) groups is 2. The number of nitrogens with zero attached hydrogens (tertiary/aromatic N) is 7. The van der Waals surface area contributed by atoms with Crippen molar-refractivity contribution in [3.05, 3.63) is 29.6 Å². The monoisotopic (exact) mass is 510 g/mol. The van der Waals surface area contributed by atoms with Gasteiger partial charge in [-0.3, -0.25) is 9.48 Å². The highest BCUT2D eigenvalue weighted by atomic mass is 16.6. The first-order chi connectivity index (χ1) is 17.7. The van der Waals surface area contributed by atoms with E-state index >= 15 is 0 Å². The second-order valence-corrected chi connectivity index (χ2v) is 9.79. The number of hydrogen-bond donors (Lipinski definition) is 1. The Morgan fingerprint density at radius 1 is 1.19 bits per heavy atom. The highest BCUT2D eigenvalue weighted by Gasteiger charge is 2.28. The van der Waals surface area contributed by atoms with E-state index in [1.165, 1.54) is 0 Å². The predicted octanol–water partition coefficient (Wildman–Crippen LogP) is 3.18. The van der Waals surface area contributed by atoms with Crippen LogP contribution < -0.4 is 10.2 Å². The van der Waals surface area contributed by atoms with Crippen LogP contribution in [0.2, 0.25) is 0 Å². The molecule has 0 saturated carbocycles. The third kappa shape index (κ3) is 6.31. The van der Waals surface area contributed by atoms with Crippen LogP contribution in [0.5, 0.6) is 0 Å². The molecule has 0 unspecified atom stereocenters. The van der Waals surface area contributed by atoms with Crippen molar-refractivity contribution < 1.29 is 19.1 Å². The summed E-state index contributed by atoms with van der Waals surface area (Å²) in [5.74, 6) is 1.55. The molecule has 1 aliphatic heterocycles. The molecule has 0 spiro atoms. The van der Waals surface area contributed by atoms with E-state index in [0.29, 0.717) is 80.8 Å². The topological polar surface area (TPSA) is 128 Å². The fraction of sp³-hybridized carbons (Fsp3) is 0.520. The van der Waals surface area contributed by atoms with Crippen LogP contribution in [-0.4, -0.2) is 87.0 Å². The lowest BCUT2D eigenvalue weighted by molar-refractivity contribution is 0.0240. The maximum Gasteiger partial charge on any atom is 0.410 e. The van der Waals surface area contributed by atoms with Gasteiger partial charge in [-0.25, -0.2) is 14.8 Å². The van der Waals surface area contributed by atoms with Crippen LogP contribution in [0.3, 0.4) is 0 Å². The Labute approximate surface area is 216 Å². The smallest absolute Gasteiger partial charge is 0.410 e. The number of piperazine rings is 1. The van der Waals surface area contributed by atoms with Crippen LogP contribution in [0.15, 0.2) is 18.3 Å². The van der Waals surface area contributed by atoms with Crippen LogP contribution >= 0.6 is 0 Å². The maximum absolute atomic E-state index is 12.5. The summed E-state index contributed by atoms with van der Waals surface area (Å²) in [4.78, 5) is 42.0. The standard InChI is InChI=1S/C25H34N8O4/c1-6-36-14-13-33-21-20(18(16-34)30-33)28-23(29-22(21)27-19-15-17(2)7-8-26-19)31-9-11-32(12-10-31)24(35)37-25(3,4)5/h7-8,15-16H,6,9-14H2,1-5H3,(H,26,27,28,29). The molecule has 1 saturated heterocycles. The molecule has 0 aromatic carbocycles. The number of carbonyl (C=O) groups excluding carboxylic acids is 2. The number of aryl methyl sites for hydroxylation is 1. The fourth-order valence-electron chi connectivity index (χ4n) is 4.00. The maximum atomic E-state index is 12.5. The fourth-order valence-corrected chi connectivity index (χ4v) is 4.00. The first-order valence-electron chi connectivity index (χ1n) is 12.4. The van der Waals surface area contributed by atoms with Crippen LogP contribution in [0, 0.1) is 6.92 Å². The van der Waals surface area contributed by atoms with E-state index in [1.54, 1.807) is 15.8 Å². The van der Waals surface area contributed by atoms with E-state index in [2.05, 4.69) is 15.4 Å². The van der Waals surface area contributed by atoms with E-state index in [0.717, 1.165) is 5.56 Å². The second-order valence-electron chi connectivity index (χ2n) is 9.79. The van der Waals surface area contributed by atoms with Gasteiger partial charge in [0.1, 0.15) is 22.5 Å². The summed E-state index contributed by atoms with van der Waals surface area (Å²) < 4.78 is 12.7. The molecule has 0 atom stereocenters. The second kappa shape index (κ2) is 11.1. The van der Waals surface area contributed by atoms with E-state index in [1.807, 2.05) is 51.7 Å². The zero-order valence-corrected chi connectivity index (χ0v) is 22.0. The van der Waals surface area contributed by atoms with Crippen LogP contribution in [0.4, 0.5) is 22.4 Å². The quantitative estimate of drug-likeness (QED) is 0.356. The summed E-state index contributed by atoms with van der Waals surface area (Å²) in [6, 6.07) is 3.82. The zero-order chi connectivity index (χ0) is 26.6. The average molecular weight is 511 g/mol. The number of amides is 1. The molecular weight excluding hydrogens is 476 g/mol. The summed E-state index contributed by atoms with van der Waals surface area (Å²) in [7, 11) is 0. The van der Waals surface area contributed by atoms with Gasteiger partial charge in [-0.15, -0.1) is 0 Å². The van der Waals surface area contributed by atoms with Crippen molar-refractivity contribution in [2.45, 2.75) is 46.8 Å². The van der Waals surface area contributed by atoms with Gasteiger partial charge < -0.3 is 24.6 Å². The SMILES string of the molecule is CCOCCn1nc(C=O)c2nc(N3CCN(C(=O)OC(C)(C)C)CC3)nc(Nc3cc(C)ccn3)c21. The minimum atomic E-state index is -0.555. The molecule has 3 aromatic heterocycles. The van der Waals surface area contributed by atoms with Gasteiger partial charge >= 0.3 is 6.09 Å². The van der Waals surface area contributed by atoms with Crippen molar-refractivity contribution in [2.75, 3.05) is 49.6 Å². The largest absolute Gasteiger partial charge is 0.444 e. The van der Waals surface area contributed by atoms with E-state index < -0.39 is 5.60 Å². The van der Waals surface area contributed by atoms with Gasteiger partial charge in [-0.2, -0.15) is 10.1 Å². The van der Waals surface area contributed by atoms with Crippen LogP contribution in [0.25, 0.3) is 11.0 Å². The van der Waals surface area contributed by atoms with E-state index in [9.17, 15) is 9.59 Å². The van der Waals surface area contributed by atoms with Gasteiger partial charge in [0, 0.05) is 39.0 Å². The number of aromatic nitrogens is 5. The van der Waals surface area contributed by atoms with Crippen molar-refractivity contribution >= 4 is 41.0 Å². The predicted molar refractivity (Wildman–Crippen MR) is 139 cm³/mol. The molecule has 3 aromatic rings. The lowest BCUT2D eigenvalue weighted by atomic mass is 10.2. The number of ether oxygens (including phenoxy) is 2. The molecule has 4 rings (SSSR count). The zero-order valence-electron chi connectivity index (χ0n) is 22.0. The molecule has 0 aliphatic carbocycles. The van der Waals surface area contributed by atoms with Gasteiger partial charge in [0.05, 0.1) is 13.2 Å². The summed E-state index contributed by atoms with van der Waals surface area (Å²) in [6.45, 7) is 12.9. The number of hydrogen-bond acceptors (Lipinski definition) is 10. The molecule has 4 heterocycles. The number of rotatable bonds is 8. The summed E-state index contributed by atoms with van der Waals surface area (Å²) in [5, 5.41) is 7.77. The summed E-state index contributed by atoms with van der Waals surface area (Å²) >= 11 is 0. The minimum Gasteiger partial charge on any atom is -0.444 e. The molecule has 0 bridgehead atoms. The van der Waals surface area contributed by atoms with Crippen molar-refractivity contribution in [3.63, 3.8) is 0 Å². The van der Waals surface area contributed by atoms with Gasteiger partial charge in [0.15, 0.2) is 17.8 Å². The lowest BCUT2D eigenvalue weighted by Crippen LogP contribution is -2.50. The van der Waals surface area contributed by atoms with Gasteiger partial charge in [-0.1, -0.05) is 0 Å². The number of anilines is 3. The van der Waals surface area contributed by atoms with Crippen molar-refractivity contribution in [1.29, 1.82) is 0 Å². The Balaban J connectivity index is 1.67. The van der Waals surface area contributed by atoms with Gasteiger partial charge in [0.2, 0.25) is 5.95 Å². The molecule has 1 fully saturated rings. The Morgan fingerprint density at radius 2 is 1.95 bits per heavy atom. The minimum absolute atomic E-state index is 0.225. The average Bonchev–Trinajstić information content (AvgIpc) is 3.21. The van der Waals surface area contributed by atoms with Crippen molar-refractivity contribution in [2.24, 2.45) is 0 Å². The summed E-state index contributed by atoms with van der Waals surface area (Å²) in [6.07, 6.45) is 2.08. The van der Waals surface area contributed by atoms with Gasteiger partial charge in [-0.05, 0) is 52.3 Å². The van der Waals surface area contributed by atoms with E-state index in [-0.39, 0.29) is 11.8 Å². The Hall–Kier alpha value is -3.80. The highest BCUT2D eigenvalue weighted by Crippen LogP contribution is 2.28. The van der Waals surface area contributed by atoms with E-state index in [4.69, 9.17) is 19.4 Å². The molecule has 0 radical (unpaired) electrons. The first kappa shape index (κ1) is 26.3. The number of nitrogens with one attached hydrogen (secondary N) is 1. The number of fused-ring (bicyclic) bond motifs is 1. The molecule has 12 heteroatoms. The first-order valence-corrected chi connectivity index (χ1v) is 12.4. The molecule has 198 valence electrons. The molecule has 37 heavy (non-hydrogen) atoms. The number of aldehydes is 1. The van der Waals surface area contributed by atoms with Crippen LogP contribution in [0.1, 0.15) is 43.7 Å². The molecule has 1 aliphatic rings. The Morgan fingerprint density at radius 3 is 2.59 bits per heavy atom. The number of pyridine rings is 1. The van der Waals surface area contributed by atoms with Crippen LogP contribution in [-0.2, 0) is 16.0 Å². The third-order valence-corrected chi connectivity index (χ3v) is 5.74. The Bertz CT molecular complexity index is 1260. The normalized spacial score (nSPS) is 14.2. The van der Waals surface area contributed by atoms with Crippen molar-refractivity contribution in [1.82, 2.24) is 29.6 Å². The molecule has 12 nitrogen and oxygen atoms in total. The third-order valence-electron chi connectivity index (χ3n) is 5.74. The Kier molecular flexibility index (Phi) is 7.86. The van der Waals surface area contributed by atoms with Gasteiger partial charge in [0.25, 0.3) is 0 Å². The van der Waals surface area contributed by atoms with Crippen molar-refractivity contribution in [3.8, 4) is 0 Å².